The first kappa shape index (κ1) is 19.5. The van der Waals surface area contributed by atoms with Gasteiger partial charge in [-0.1, -0.05) is 29.3 Å². The maximum absolute atomic E-state index is 11.8. The maximum Gasteiger partial charge on any atom is 0.227 e. The largest absolute Gasteiger partial charge is 0.502 e. The highest BCUT2D eigenvalue weighted by molar-refractivity contribution is 6.35. The van der Waals surface area contributed by atoms with Crippen LogP contribution >= 0.6 is 34.8 Å². The summed E-state index contributed by atoms with van der Waals surface area (Å²) in [6, 6.07) is 6.74. The minimum absolute atomic E-state index is 0.0922. The van der Waals surface area contributed by atoms with Crippen LogP contribution in [0.25, 0.3) is 0 Å². The van der Waals surface area contributed by atoms with Crippen LogP contribution in [0.2, 0.25) is 10.0 Å². The molecule has 1 aliphatic rings. The van der Waals surface area contributed by atoms with Gasteiger partial charge in [0.15, 0.2) is 5.76 Å². The zero-order valence-corrected chi connectivity index (χ0v) is 16.3. The van der Waals surface area contributed by atoms with Gasteiger partial charge in [-0.25, -0.2) is 0 Å². The summed E-state index contributed by atoms with van der Waals surface area (Å²) in [6.07, 6.45) is 0. The van der Waals surface area contributed by atoms with E-state index in [2.05, 4.69) is 9.80 Å². The van der Waals surface area contributed by atoms with Gasteiger partial charge < -0.3 is 9.52 Å². The van der Waals surface area contributed by atoms with Crippen molar-refractivity contribution in [1.82, 2.24) is 9.80 Å². The van der Waals surface area contributed by atoms with Crippen LogP contribution in [0, 0.1) is 0 Å². The number of alkyl halides is 1. The van der Waals surface area contributed by atoms with Crippen LogP contribution in [0.5, 0.6) is 5.75 Å². The van der Waals surface area contributed by atoms with Crippen LogP contribution in [-0.2, 0) is 19.0 Å². The lowest BCUT2D eigenvalue weighted by Gasteiger charge is -2.34. The van der Waals surface area contributed by atoms with Crippen molar-refractivity contribution < 1.29 is 9.52 Å². The molecule has 1 aromatic heterocycles. The second-order valence-electron chi connectivity index (χ2n) is 6.23. The van der Waals surface area contributed by atoms with Crippen molar-refractivity contribution in [2.45, 2.75) is 19.0 Å². The summed E-state index contributed by atoms with van der Waals surface area (Å²) >= 11 is 18.2. The van der Waals surface area contributed by atoms with E-state index in [1.807, 2.05) is 18.2 Å². The molecule has 0 unspecified atom stereocenters. The normalized spacial score (nSPS) is 16.1. The van der Waals surface area contributed by atoms with Crippen molar-refractivity contribution >= 4 is 34.8 Å². The molecule has 0 atom stereocenters. The van der Waals surface area contributed by atoms with E-state index >= 15 is 0 Å². The van der Waals surface area contributed by atoms with Crippen molar-refractivity contribution in [3.8, 4) is 5.75 Å². The molecule has 8 heteroatoms. The molecule has 2 aromatic rings. The van der Waals surface area contributed by atoms with Gasteiger partial charge in [0.2, 0.25) is 11.2 Å². The quantitative estimate of drug-likeness (QED) is 0.752. The molecule has 0 aliphatic carbocycles. The van der Waals surface area contributed by atoms with Crippen LogP contribution < -0.4 is 5.43 Å². The fraction of sp³-hybridized carbons (Fsp3) is 0.389. The van der Waals surface area contributed by atoms with Crippen LogP contribution in [0.1, 0.15) is 17.1 Å². The summed E-state index contributed by atoms with van der Waals surface area (Å²) in [5.41, 5.74) is 0.469. The van der Waals surface area contributed by atoms with E-state index in [-0.39, 0.29) is 17.4 Å². The third-order valence-electron chi connectivity index (χ3n) is 4.45. The maximum atomic E-state index is 11.8. The summed E-state index contributed by atoms with van der Waals surface area (Å²) in [5.74, 6) is 0.367. The Labute approximate surface area is 166 Å². The van der Waals surface area contributed by atoms with E-state index < -0.39 is 5.43 Å². The number of hydrogen-bond donors (Lipinski definition) is 1. The predicted octanol–water partition coefficient (Wildman–Crippen LogP) is 3.71. The van der Waals surface area contributed by atoms with Crippen LogP contribution in [0.4, 0.5) is 0 Å². The molecule has 2 heterocycles. The number of hydrogen-bond acceptors (Lipinski definition) is 5. The Morgan fingerprint density at radius 1 is 1.04 bits per heavy atom. The minimum Gasteiger partial charge on any atom is -0.502 e. The zero-order chi connectivity index (χ0) is 18.7. The Kier molecular flexibility index (Phi) is 6.48. The molecule has 1 N–H and O–H groups in total. The number of nitrogens with zero attached hydrogens (tertiary/aromatic N) is 2. The first-order valence-corrected chi connectivity index (χ1v) is 9.55. The molecular weight excluding hydrogens is 399 g/mol. The van der Waals surface area contributed by atoms with Crippen molar-refractivity contribution in [2.75, 3.05) is 26.2 Å². The fourth-order valence-electron chi connectivity index (χ4n) is 2.98. The molecule has 0 bridgehead atoms. The lowest BCUT2D eigenvalue weighted by molar-refractivity contribution is 0.113. The molecule has 0 spiro atoms. The van der Waals surface area contributed by atoms with Gasteiger partial charge >= 0.3 is 0 Å². The van der Waals surface area contributed by atoms with Crippen molar-refractivity contribution in [1.29, 1.82) is 0 Å². The van der Waals surface area contributed by atoms with Gasteiger partial charge in [0.1, 0.15) is 5.76 Å². The van der Waals surface area contributed by atoms with Gasteiger partial charge in [0.25, 0.3) is 0 Å². The monoisotopic (exact) mass is 416 g/mol. The van der Waals surface area contributed by atoms with Crippen molar-refractivity contribution in [2.24, 2.45) is 0 Å². The molecule has 1 aromatic carbocycles. The van der Waals surface area contributed by atoms with E-state index in [0.29, 0.717) is 28.9 Å². The highest BCUT2D eigenvalue weighted by atomic mass is 35.5. The molecule has 140 valence electrons. The average molecular weight is 418 g/mol. The molecule has 3 rings (SSSR count). The Morgan fingerprint density at radius 2 is 1.62 bits per heavy atom. The van der Waals surface area contributed by atoms with Crippen LogP contribution in [-0.4, -0.2) is 41.1 Å². The molecule has 1 aliphatic heterocycles. The summed E-state index contributed by atoms with van der Waals surface area (Å²) < 4.78 is 5.52. The smallest absolute Gasteiger partial charge is 0.227 e. The predicted molar refractivity (Wildman–Crippen MR) is 103 cm³/mol. The third kappa shape index (κ3) is 4.53. The van der Waals surface area contributed by atoms with Gasteiger partial charge in [0.05, 0.1) is 12.4 Å². The van der Waals surface area contributed by atoms with Crippen molar-refractivity contribution in [3.05, 3.63) is 61.6 Å². The third-order valence-corrected chi connectivity index (χ3v) is 5.42. The molecular formula is C18H19Cl3N2O3. The van der Waals surface area contributed by atoms with E-state index in [1.54, 1.807) is 0 Å². The molecule has 0 radical (unpaired) electrons. The first-order chi connectivity index (χ1) is 12.5. The minimum atomic E-state index is -0.464. The number of rotatable bonds is 5. The van der Waals surface area contributed by atoms with Gasteiger partial charge in [-0.3, -0.25) is 14.6 Å². The second-order valence-corrected chi connectivity index (χ2v) is 7.32. The number of aromatic hydroxyl groups is 1. The van der Waals surface area contributed by atoms with E-state index in [9.17, 15) is 9.90 Å². The number of piperazine rings is 1. The molecule has 0 amide bonds. The molecule has 1 saturated heterocycles. The topological polar surface area (TPSA) is 56.9 Å². The van der Waals surface area contributed by atoms with E-state index in [0.717, 1.165) is 31.7 Å². The van der Waals surface area contributed by atoms with Gasteiger partial charge in [-0.15, -0.1) is 11.6 Å². The second kappa shape index (κ2) is 8.63. The SMILES string of the molecule is O=c1cc(CCl)oc(CN2CCN(Cc3c(Cl)cccc3Cl)CC2)c1O. The van der Waals surface area contributed by atoms with E-state index in [1.165, 1.54) is 6.07 Å². The van der Waals surface area contributed by atoms with Crippen LogP contribution in [0.15, 0.2) is 33.5 Å². The standard InChI is InChI=1S/C18H19Cl3N2O3/c19-9-12-8-16(24)18(25)17(26-12)11-23-6-4-22(5-7-23)10-13-14(20)2-1-3-15(13)21/h1-3,8,25H,4-7,9-11H2. The Bertz CT molecular complexity index is 813. The Hall–Kier alpha value is -1.24. The molecule has 1 fully saturated rings. The summed E-state index contributed by atoms with van der Waals surface area (Å²) in [5, 5.41) is 11.3. The number of halogens is 3. The Morgan fingerprint density at radius 3 is 2.19 bits per heavy atom. The zero-order valence-electron chi connectivity index (χ0n) is 14.1. The van der Waals surface area contributed by atoms with E-state index in [4.69, 9.17) is 39.2 Å². The highest BCUT2D eigenvalue weighted by Crippen LogP contribution is 2.26. The highest BCUT2D eigenvalue weighted by Gasteiger charge is 2.21. The lowest BCUT2D eigenvalue weighted by Crippen LogP contribution is -2.45. The Balaban J connectivity index is 1.61. The molecule has 0 saturated carbocycles. The summed E-state index contributed by atoms with van der Waals surface area (Å²) in [7, 11) is 0. The van der Waals surface area contributed by atoms with Crippen molar-refractivity contribution in [3.63, 3.8) is 0 Å². The lowest BCUT2D eigenvalue weighted by atomic mass is 10.2. The summed E-state index contributed by atoms with van der Waals surface area (Å²) in [6.45, 7) is 4.25. The molecule has 26 heavy (non-hydrogen) atoms. The van der Waals surface area contributed by atoms with Gasteiger partial charge in [-0.05, 0) is 12.1 Å². The first-order valence-electron chi connectivity index (χ1n) is 8.26. The number of benzene rings is 1. The summed E-state index contributed by atoms with van der Waals surface area (Å²) in [4.78, 5) is 16.2. The average Bonchev–Trinajstić information content (AvgIpc) is 2.63. The fourth-order valence-corrected chi connectivity index (χ4v) is 3.63. The molecule has 5 nitrogen and oxygen atoms in total. The van der Waals surface area contributed by atoms with Gasteiger partial charge in [-0.2, -0.15) is 0 Å². The van der Waals surface area contributed by atoms with Crippen LogP contribution in [0.3, 0.4) is 0 Å². The van der Waals surface area contributed by atoms with Gasteiger partial charge in [0, 0.05) is 54.4 Å².